The van der Waals surface area contributed by atoms with Gasteiger partial charge in [-0.25, -0.2) is 0 Å². The highest BCUT2D eigenvalue weighted by Gasteiger charge is 2.32. The van der Waals surface area contributed by atoms with Crippen molar-refractivity contribution in [2.45, 2.75) is 39.5 Å². The second-order valence-electron chi connectivity index (χ2n) is 6.31. The number of carbonyl (C=O) groups excluding carboxylic acids is 1. The SMILES string of the molecule is C=CCN(CC=CC1CCC(C)=CC1C)C(=O)C1CC1. The molecule has 2 atom stereocenters. The van der Waals surface area contributed by atoms with Gasteiger partial charge in [0, 0.05) is 19.0 Å². The fourth-order valence-corrected chi connectivity index (χ4v) is 2.95. The van der Waals surface area contributed by atoms with Crippen LogP contribution in [0.5, 0.6) is 0 Å². The van der Waals surface area contributed by atoms with Gasteiger partial charge in [-0.15, -0.1) is 6.58 Å². The minimum atomic E-state index is 0.294. The van der Waals surface area contributed by atoms with E-state index in [9.17, 15) is 4.79 Å². The molecule has 0 aliphatic heterocycles. The fraction of sp³-hybridized carbons (Fsp3) is 0.611. The van der Waals surface area contributed by atoms with Gasteiger partial charge >= 0.3 is 0 Å². The molecule has 2 aliphatic rings. The minimum Gasteiger partial charge on any atom is -0.335 e. The molecule has 0 aromatic rings. The number of nitrogens with zero attached hydrogens (tertiary/aromatic N) is 1. The molecule has 2 heteroatoms. The second-order valence-corrected chi connectivity index (χ2v) is 6.31. The van der Waals surface area contributed by atoms with Crippen LogP contribution in [0.4, 0.5) is 0 Å². The monoisotopic (exact) mass is 273 g/mol. The van der Waals surface area contributed by atoms with Crippen LogP contribution in [0, 0.1) is 17.8 Å². The first-order valence-electron chi connectivity index (χ1n) is 7.85. The molecular formula is C18H27NO. The fourth-order valence-electron chi connectivity index (χ4n) is 2.95. The lowest BCUT2D eigenvalue weighted by Gasteiger charge is -2.25. The van der Waals surface area contributed by atoms with E-state index < -0.39 is 0 Å². The summed E-state index contributed by atoms with van der Waals surface area (Å²) in [5.41, 5.74) is 1.51. The van der Waals surface area contributed by atoms with Crippen molar-refractivity contribution in [2.75, 3.05) is 13.1 Å². The summed E-state index contributed by atoms with van der Waals surface area (Å²) in [6, 6.07) is 0. The Morgan fingerprint density at radius 1 is 1.40 bits per heavy atom. The van der Waals surface area contributed by atoms with Gasteiger partial charge in [0.2, 0.25) is 5.91 Å². The molecule has 110 valence electrons. The Labute approximate surface area is 123 Å². The van der Waals surface area contributed by atoms with Gasteiger partial charge in [0.25, 0.3) is 0 Å². The van der Waals surface area contributed by atoms with Crippen LogP contribution in [-0.4, -0.2) is 23.9 Å². The van der Waals surface area contributed by atoms with E-state index in [4.69, 9.17) is 0 Å². The smallest absolute Gasteiger partial charge is 0.226 e. The summed E-state index contributed by atoms with van der Waals surface area (Å²) < 4.78 is 0. The van der Waals surface area contributed by atoms with Crippen LogP contribution < -0.4 is 0 Å². The van der Waals surface area contributed by atoms with E-state index in [2.05, 4.69) is 38.7 Å². The van der Waals surface area contributed by atoms with Crippen molar-refractivity contribution in [1.29, 1.82) is 0 Å². The molecule has 0 heterocycles. The Morgan fingerprint density at radius 2 is 2.15 bits per heavy atom. The number of amides is 1. The number of allylic oxidation sites excluding steroid dienone is 3. The minimum absolute atomic E-state index is 0.294. The molecule has 0 bridgehead atoms. The first-order chi connectivity index (χ1) is 9.61. The summed E-state index contributed by atoms with van der Waals surface area (Å²) in [4.78, 5) is 14.0. The van der Waals surface area contributed by atoms with Crippen LogP contribution in [0.15, 0.2) is 36.5 Å². The standard InChI is InChI=1S/C18H27NO/c1-4-11-19(18(20)17-9-10-17)12-5-6-16-8-7-14(2)13-15(16)3/h4-6,13,15-17H,1,7-12H2,2-3H3. The topological polar surface area (TPSA) is 20.3 Å². The molecule has 0 spiro atoms. The maximum Gasteiger partial charge on any atom is 0.226 e. The van der Waals surface area contributed by atoms with Gasteiger partial charge in [0.05, 0.1) is 0 Å². The van der Waals surface area contributed by atoms with E-state index in [-0.39, 0.29) is 0 Å². The Balaban J connectivity index is 1.86. The molecular weight excluding hydrogens is 246 g/mol. The van der Waals surface area contributed by atoms with E-state index in [1.807, 2.05) is 11.0 Å². The molecule has 0 aromatic heterocycles. The number of hydrogen-bond donors (Lipinski definition) is 0. The Hall–Kier alpha value is -1.31. The summed E-state index contributed by atoms with van der Waals surface area (Å²) >= 11 is 0. The van der Waals surface area contributed by atoms with E-state index in [0.29, 0.717) is 30.2 Å². The zero-order chi connectivity index (χ0) is 14.5. The number of carbonyl (C=O) groups is 1. The highest BCUT2D eigenvalue weighted by atomic mass is 16.2. The van der Waals surface area contributed by atoms with Crippen molar-refractivity contribution in [1.82, 2.24) is 4.90 Å². The zero-order valence-electron chi connectivity index (χ0n) is 12.8. The summed E-state index contributed by atoms with van der Waals surface area (Å²) in [5, 5.41) is 0. The quantitative estimate of drug-likeness (QED) is 0.671. The Bertz CT molecular complexity index is 417. The predicted molar refractivity (Wildman–Crippen MR) is 84.3 cm³/mol. The van der Waals surface area contributed by atoms with Crippen molar-refractivity contribution in [3.63, 3.8) is 0 Å². The van der Waals surface area contributed by atoms with Crippen molar-refractivity contribution in [3.8, 4) is 0 Å². The van der Waals surface area contributed by atoms with Crippen LogP contribution in [0.25, 0.3) is 0 Å². The predicted octanol–water partition coefficient (Wildman–Crippen LogP) is 3.96. The van der Waals surface area contributed by atoms with Gasteiger partial charge in [-0.2, -0.15) is 0 Å². The maximum absolute atomic E-state index is 12.1. The van der Waals surface area contributed by atoms with Gasteiger partial charge in [-0.1, -0.05) is 36.8 Å². The van der Waals surface area contributed by atoms with Crippen LogP contribution in [0.3, 0.4) is 0 Å². The van der Waals surface area contributed by atoms with Gasteiger partial charge in [0.15, 0.2) is 0 Å². The van der Waals surface area contributed by atoms with E-state index in [1.54, 1.807) is 0 Å². The molecule has 0 aromatic carbocycles. The molecule has 0 saturated heterocycles. The van der Waals surface area contributed by atoms with Crippen LogP contribution in [0.1, 0.15) is 39.5 Å². The van der Waals surface area contributed by atoms with Gasteiger partial charge in [-0.05, 0) is 44.4 Å². The Kier molecular flexibility index (Phi) is 5.22. The first kappa shape index (κ1) is 15.1. The average molecular weight is 273 g/mol. The maximum atomic E-state index is 12.1. The van der Waals surface area contributed by atoms with Crippen LogP contribution in [-0.2, 0) is 4.79 Å². The summed E-state index contributed by atoms with van der Waals surface area (Å²) in [6.07, 6.45) is 13.3. The lowest BCUT2D eigenvalue weighted by atomic mass is 9.82. The number of rotatable bonds is 6. The molecule has 2 unspecified atom stereocenters. The molecule has 0 N–H and O–H groups in total. The highest BCUT2D eigenvalue weighted by Crippen LogP contribution is 2.31. The third kappa shape index (κ3) is 4.09. The molecule has 2 rings (SSSR count). The zero-order valence-corrected chi connectivity index (χ0v) is 12.8. The van der Waals surface area contributed by atoms with Gasteiger partial charge in [0.1, 0.15) is 0 Å². The average Bonchev–Trinajstić information content (AvgIpc) is 3.23. The Morgan fingerprint density at radius 3 is 2.75 bits per heavy atom. The van der Waals surface area contributed by atoms with Crippen molar-refractivity contribution < 1.29 is 4.79 Å². The van der Waals surface area contributed by atoms with Crippen molar-refractivity contribution >= 4 is 5.91 Å². The molecule has 2 aliphatic carbocycles. The molecule has 20 heavy (non-hydrogen) atoms. The summed E-state index contributed by atoms with van der Waals surface area (Å²) in [5.74, 6) is 1.84. The molecule has 1 saturated carbocycles. The second kappa shape index (κ2) is 6.92. The third-order valence-electron chi connectivity index (χ3n) is 4.39. The number of hydrogen-bond acceptors (Lipinski definition) is 1. The van der Waals surface area contributed by atoms with Gasteiger partial charge < -0.3 is 4.90 Å². The molecule has 0 radical (unpaired) electrons. The lowest BCUT2D eigenvalue weighted by molar-refractivity contribution is -0.131. The third-order valence-corrected chi connectivity index (χ3v) is 4.39. The first-order valence-corrected chi connectivity index (χ1v) is 7.85. The van der Waals surface area contributed by atoms with Crippen molar-refractivity contribution in [2.24, 2.45) is 17.8 Å². The van der Waals surface area contributed by atoms with E-state index in [0.717, 1.165) is 19.4 Å². The summed E-state index contributed by atoms with van der Waals surface area (Å²) in [6.45, 7) is 9.66. The normalized spacial score (nSPS) is 26.4. The van der Waals surface area contributed by atoms with Crippen LogP contribution >= 0.6 is 0 Å². The lowest BCUT2D eigenvalue weighted by Crippen LogP contribution is -2.32. The highest BCUT2D eigenvalue weighted by molar-refractivity contribution is 5.81. The molecule has 2 nitrogen and oxygen atoms in total. The summed E-state index contributed by atoms with van der Waals surface area (Å²) in [7, 11) is 0. The van der Waals surface area contributed by atoms with E-state index in [1.165, 1.54) is 18.4 Å². The molecule has 1 amide bonds. The van der Waals surface area contributed by atoms with E-state index >= 15 is 0 Å². The van der Waals surface area contributed by atoms with Gasteiger partial charge in [-0.3, -0.25) is 4.79 Å². The molecule has 1 fully saturated rings. The van der Waals surface area contributed by atoms with Crippen LogP contribution in [0.2, 0.25) is 0 Å². The van der Waals surface area contributed by atoms with Crippen molar-refractivity contribution in [3.05, 3.63) is 36.5 Å². The largest absolute Gasteiger partial charge is 0.335 e.